The summed E-state index contributed by atoms with van der Waals surface area (Å²) in [5, 5.41) is 0. The number of primary amides is 1. The van der Waals surface area contributed by atoms with Crippen LogP contribution in [0.5, 0.6) is 0 Å². The first kappa shape index (κ1) is 21.6. The van der Waals surface area contributed by atoms with Crippen LogP contribution in [-0.2, 0) is 23.9 Å². The van der Waals surface area contributed by atoms with Crippen LogP contribution in [0.3, 0.4) is 0 Å². The molecule has 0 unspecified atom stereocenters. The molecule has 0 aromatic heterocycles. The summed E-state index contributed by atoms with van der Waals surface area (Å²) in [6, 6.07) is 0.192. The fourth-order valence-electron chi connectivity index (χ4n) is 4.96. The maximum Gasteiger partial charge on any atom is 0.311 e. The van der Waals surface area contributed by atoms with E-state index in [0.717, 1.165) is 12.8 Å². The molecule has 0 spiro atoms. The Hall–Kier alpha value is -2.12. The van der Waals surface area contributed by atoms with Gasteiger partial charge >= 0.3 is 5.97 Å². The summed E-state index contributed by atoms with van der Waals surface area (Å²) >= 11 is 0. The molecule has 0 radical (unpaired) electrons. The molecule has 1 saturated carbocycles. The highest BCUT2D eigenvalue weighted by molar-refractivity contribution is 5.88. The molecule has 3 fully saturated rings. The number of rotatable bonds is 5. The van der Waals surface area contributed by atoms with E-state index in [0.29, 0.717) is 44.3 Å². The van der Waals surface area contributed by atoms with Gasteiger partial charge in [0.05, 0.1) is 5.92 Å². The number of piperidine rings is 1. The number of nitrogens with two attached hydrogens (primary N) is 1. The Morgan fingerprint density at radius 1 is 1.07 bits per heavy atom. The minimum Gasteiger partial charge on any atom is -0.455 e. The Balaban J connectivity index is 1.46. The summed E-state index contributed by atoms with van der Waals surface area (Å²) in [7, 11) is 0. The third kappa shape index (κ3) is 4.90. The minimum absolute atomic E-state index is 0.0118. The molecule has 1 aliphatic carbocycles. The molecule has 8 heteroatoms. The topological polar surface area (TPSA) is 110 Å². The van der Waals surface area contributed by atoms with Crippen molar-refractivity contribution in [3.63, 3.8) is 0 Å². The van der Waals surface area contributed by atoms with Gasteiger partial charge in [0.25, 0.3) is 5.91 Å². The number of amides is 3. The lowest BCUT2D eigenvalue weighted by molar-refractivity contribution is -0.156. The van der Waals surface area contributed by atoms with Gasteiger partial charge in [-0.1, -0.05) is 26.7 Å². The van der Waals surface area contributed by atoms with E-state index < -0.39 is 11.9 Å². The first-order chi connectivity index (χ1) is 13.8. The molecule has 0 aromatic carbocycles. The summed E-state index contributed by atoms with van der Waals surface area (Å²) in [6.45, 7) is 5.36. The number of esters is 1. The maximum atomic E-state index is 12.5. The first-order valence-corrected chi connectivity index (χ1v) is 10.8. The van der Waals surface area contributed by atoms with Gasteiger partial charge < -0.3 is 20.3 Å². The van der Waals surface area contributed by atoms with Gasteiger partial charge in [-0.15, -0.1) is 0 Å². The quantitative estimate of drug-likeness (QED) is 0.682. The van der Waals surface area contributed by atoms with E-state index in [1.165, 1.54) is 6.42 Å². The lowest BCUT2D eigenvalue weighted by Gasteiger charge is -2.39. The lowest BCUT2D eigenvalue weighted by atomic mass is 9.77. The van der Waals surface area contributed by atoms with Gasteiger partial charge in [0.1, 0.15) is 0 Å². The molecule has 3 rings (SSSR count). The molecular formula is C21H33N3O5. The predicted molar refractivity (Wildman–Crippen MR) is 105 cm³/mol. The molecule has 2 saturated heterocycles. The van der Waals surface area contributed by atoms with Crippen LogP contribution in [0.2, 0.25) is 0 Å². The minimum atomic E-state index is -0.500. The molecular weight excluding hydrogens is 374 g/mol. The SMILES string of the molecule is C[C@H]1[C@H](N2C[C@H](C(=O)OCC(=O)N3CCC(C(N)=O)CC3)CC2=O)CCC[C@@H]1C. The Morgan fingerprint density at radius 3 is 2.41 bits per heavy atom. The average molecular weight is 408 g/mol. The van der Waals surface area contributed by atoms with Crippen LogP contribution < -0.4 is 5.73 Å². The Kier molecular flexibility index (Phi) is 6.80. The number of ether oxygens (including phenoxy) is 1. The van der Waals surface area contributed by atoms with E-state index in [2.05, 4.69) is 13.8 Å². The summed E-state index contributed by atoms with van der Waals surface area (Å²) in [4.78, 5) is 52.0. The van der Waals surface area contributed by atoms with Gasteiger partial charge in [-0.05, 0) is 31.1 Å². The molecule has 0 bridgehead atoms. The Morgan fingerprint density at radius 2 is 1.76 bits per heavy atom. The summed E-state index contributed by atoms with van der Waals surface area (Å²) in [6.07, 6.45) is 4.52. The third-order valence-corrected chi connectivity index (χ3v) is 7.14. The molecule has 0 aromatic rings. The van der Waals surface area contributed by atoms with Crippen LogP contribution in [0.4, 0.5) is 0 Å². The van der Waals surface area contributed by atoms with E-state index in [1.54, 1.807) is 4.90 Å². The van der Waals surface area contributed by atoms with Crippen molar-refractivity contribution in [2.75, 3.05) is 26.2 Å². The van der Waals surface area contributed by atoms with Crippen LogP contribution in [0.15, 0.2) is 0 Å². The molecule has 29 heavy (non-hydrogen) atoms. The fourth-order valence-corrected chi connectivity index (χ4v) is 4.96. The van der Waals surface area contributed by atoms with Crippen LogP contribution in [0, 0.1) is 23.7 Å². The second-order valence-corrected chi connectivity index (χ2v) is 8.95. The molecule has 2 aliphatic heterocycles. The van der Waals surface area contributed by atoms with E-state index in [4.69, 9.17) is 10.5 Å². The van der Waals surface area contributed by atoms with E-state index in [1.807, 2.05) is 4.90 Å². The van der Waals surface area contributed by atoms with Gasteiger partial charge in [-0.3, -0.25) is 19.2 Å². The third-order valence-electron chi connectivity index (χ3n) is 7.14. The zero-order chi connectivity index (χ0) is 21.1. The van der Waals surface area contributed by atoms with Crippen LogP contribution in [0.25, 0.3) is 0 Å². The van der Waals surface area contributed by atoms with Gasteiger partial charge in [-0.25, -0.2) is 0 Å². The van der Waals surface area contributed by atoms with E-state index in [-0.39, 0.29) is 42.7 Å². The normalized spacial score (nSPS) is 31.0. The number of nitrogens with zero attached hydrogens (tertiary/aromatic N) is 2. The van der Waals surface area contributed by atoms with Crippen LogP contribution in [-0.4, -0.2) is 65.8 Å². The summed E-state index contributed by atoms with van der Waals surface area (Å²) in [5.74, 6) is -0.758. The molecule has 4 atom stereocenters. The molecule has 3 aliphatic rings. The average Bonchev–Trinajstić information content (AvgIpc) is 3.09. The van der Waals surface area contributed by atoms with Crippen molar-refractivity contribution in [1.82, 2.24) is 9.80 Å². The largest absolute Gasteiger partial charge is 0.455 e. The number of likely N-dealkylation sites (tertiary alicyclic amines) is 2. The maximum absolute atomic E-state index is 12.5. The second-order valence-electron chi connectivity index (χ2n) is 8.95. The Bertz CT molecular complexity index is 659. The van der Waals surface area contributed by atoms with Crippen LogP contribution >= 0.6 is 0 Å². The van der Waals surface area contributed by atoms with Crippen molar-refractivity contribution in [2.45, 2.75) is 58.4 Å². The second kappa shape index (κ2) is 9.13. The molecule has 162 valence electrons. The van der Waals surface area contributed by atoms with Crippen molar-refractivity contribution >= 4 is 23.7 Å². The summed E-state index contributed by atoms with van der Waals surface area (Å²) in [5.41, 5.74) is 5.31. The predicted octanol–water partition coefficient (Wildman–Crippen LogP) is 0.927. The standard InChI is InChI=1S/C21H33N3O5/c1-13-4-3-5-17(14(13)2)24-11-16(10-18(24)25)21(28)29-12-19(26)23-8-6-15(7-9-23)20(22)27/h13-17H,3-12H2,1-2H3,(H2,22,27)/t13-,14+,16+,17+/m0/s1. The molecule has 3 amide bonds. The fraction of sp³-hybridized carbons (Fsp3) is 0.810. The van der Waals surface area contributed by atoms with E-state index in [9.17, 15) is 19.2 Å². The zero-order valence-corrected chi connectivity index (χ0v) is 17.5. The van der Waals surface area contributed by atoms with Gasteiger partial charge in [0.2, 0.25) is 11.8 Å². The van der Waals surface area contributed by atoms with Gasteiger partial charge in [-0.2, -0.15) is 0 Å². The smallest absolute Gasteiger partial charge is 0.311 e. The van der Waals surface area contributed by atoms with E-state index >= 15 is 0 Å². The van der Waals surface area contributed by atoms with Gasteiger partial charge in [0, 0.05) is 38.0 Å². The molecule has 2 heterocycles. The highest BCUT2D eigenvalue weighted by Crippen LogP contribution is 2.35. The highest BCUT2D eigenvalue weighted by atomic mass is 16.5. The number of carbonyl (C=O) groups is 4. The van der Waals surface area contributed by atoms with Crippen molar-refractivity contribution in [1.29, 1.82) is 0 Å². The monoisotopic (exact) mass is 407 g/mol. The number of hydrogen-bond donors (Lipinski definition) is 1. The molecule has 2 N–H and O–H groups in total. The Labute approximate surface area is 172 Å². The number of carbonyl (C=O) groups excluding carboxylic acids is 4. The lowest BCUT2D eigenvalue weighted by Crippen LogP contribution is -2.45. The van der Waals surface area contributed by atoms with Gasteiger partial charge in [0.15, 0.2) is 6.61 Å². The van der Waals surface area contributed by atoms with Crippen LogP contribution in [0.1, 0.15) is 52.4 Å². The summed E-state index contributed by atoms with van der Waals surface area (Å²) < 4.78 is 5.25. The van der Waals surface area contributed by atoms with Crippen molar-refractivity contribution in [3.8, 4) is 0 Å². The van der Waals surface area contributed by atoms with Crippen molar-refractivity contribution in [3.05, 3.63) is 0 Å². The zero-order valence-electron chi connectivity index (χ0n) is 17.5. The van der Waals surface area contributed by atoms with Crippen molar-refractivity contribution in [2.24, 2.45) is 29.4 Å². The molecule has 8 nitrogen and oxygen atoms in total. The highest BCUT2D eigenvalue weighted by Gasteiger charge is 2.42. The first-order valence-electron chi connectivity index (χ1n) is 10.8. The number of hydrogen-bond acceptors (Lipinski definition) is 5. The van der Waals surface area contributed by atoms with Crippen molar-refractivity contribution < 1.29 is 23.9 Å².